The lowest BCUT2D eigenvalue weighted by atomic mass is 9.94. The van der Waals surface area contributed by atoms with E-state index in [-0.39, 0.29) is 6.03 Å². The summed E-state index contributed by atoms with van der Waals surface area (Å²) in [4.78, 5) is 37.0. The number of ether oxygens (including phenoxy) is 2. The molecule has 0 unspecified atom stereocenters. The number of esters is 2. The average Bonchev–Trinajstić information content (AvgIpc) is 2.58. The Kier molecular flexibility index (Phi) is 4.68. The minimum Gasteiger partial charge on any atom is -0.466 e. The zero-order chi connectivity index (χ0) is 17.1. The van der Waals surface area contributed by atoms with Crippen molar-refractivity contribution in [3.05, 3.63) is 46.7 Å². The number of urea groups is 1. The van der Waals surface area contributed by atoms with E-state index in [0.29, 0.717) is 22.4 Å². The van der Waals surface area contributed by atoms with E-state index < -0.39 is 18.0 Å². The van der Waals surface area contributed by atoms with Gasteiger partial charge < -0.3 is 19.7 Å². The van der Waals surface area contributed by atoms with Gasteiger partial charge in [-0.05, 0) is 24.6 Å². The summed E-state index contributed by atoms with van der Waals surface area (Å²) in [6.07, 6.45) is 0. The number of allylic oxidation sites excluding steroid dienone is 1. The molecule has 0 aliphatic carbocycles. The second-order valence-corrected chi connectivity index (χ2v) is 5.05. The fraction of sp³-hybridized carbons (Fsp3) is 0.312. The number of hydrogen-bond donors (Lipinski definition) is 1. The van der Waals surface area contributed by atoms with E-state index in [9.17, 15) is 14.4 Å². The van der Waals surface area contributed by atoms with Crippen LogP contribution in [0.5, 0.6) is 0 Å². The molecular weight excluding hydrogens is 300 g/mol. The van der Waals surface area contributed by atoms with E-state index in [1.54, 1.807) is 38.2 Å². The Morgan fingerprint density at radius 3 is 2.17 bits per heavy atom. The van der Waals surface area contributed by atoms with E-state index in [1.165, 1.54) is 19.1 Å². The predicted octanol–water partition coefficient (Wildman–Crippen LogP) is 1.62. The van der Waals surface area contributed by atoms with Crippen molar-refractivity contribution in [2.75, 3.05) is 21.3 Å². The van der Waals surface area contributed by atoms with Crippen LogP contribution in [0.3, 0.4) is 0 Å². The highest BCUT2D eigenvalue weighted by Crippen LogP contribution is 2.30. The summed E-state index contributed by atoms with van der Waals surface area (Å²) in [6, 6.07) is 5.53. The Morgan fingerprint density at radius 2 is 1.65 bits per heavy atom. The highest BCUT2D eigenvalue weighted by atomic mass is 16.5. The van der Waals surface area contributed by atoms with Crippen LogP contribution in [-0.2, 0) is 14.3 Å². The molecule has 0 aromatic heterocycles. The molecule has 0 bridgehead atoms. The number of carbonyl (C=O) groups is 3. The summed E-state index contributed by atoms with van der Waals surface area (Å²) >= 11 is 0. The quantitative estimate of drug-likeness (QED) is 0.856. The van der Waals surface area contributed by atoms with E-state index in [2.05, 4.69) is 10.1 Å². The third kappa shape index (κ3) is 3.03. The average molecular weight is 318 g/mol. The third-order valence-corrected chi connectivity index (χ3v) is 3.82. The van der Waals surface area contributed by atoms with Gasteiger partial charge in [-0.25, -0.2) is 14.4 Å². The molecule has 2 amide bonds. The van der Waals surface area contributed by atoms with Crippen molar-refractivity contribution in [2.45, 2.75) is 13.0 Å². The van der Waals surface area contributed by atoms with Crippen LogP contribution < -0.4 is 5.32 Å². The van der Waals surface area contributed by atoms with E-state index in [0.717, 1.165) is 0 Å². The van der Waals surface area contributed by atoms with Gasteiger partial charge >= 0.3 is 18.0 Å². The molecule has 1 aromatic carbocycles. The van der Waals surface area contributed by atoms with Crippen LogP contribution in [0.1, 0.15) is 28.9 Å². The van der Waals surface area contributed by atoms with Gasteiger partial charge in [0.25, 0.3) is 0 Å². The molecule has 1 atom stereocenters. The van der Waals surface area contributed by atoms with Gasteiger partial charge in [0, 0.05) is 12.7 Å². The first-order chi connectivity index (χ1) is 10.9. The van der Waals surface area contributed by atoms with Crippen LogP contribution >= 0.6 is 0 Å². The number of benzene rings is 1. The van der Waals surface area contributed by atoms with Crippen LogP contribution in [-0.4, -0.2) is 44.1 Å². The lowest BCUT2D eigenvalue weighted by Gasteiger charge is -2.33. The predicted molar refractivity (Wildman–Crippen MR) is 81.5 cm³/mol. The zero-order valence-electron chi connectivity index (χ0n) is 13.4. The standard InChI is InChI=1S/C16H18N2O5/c1-9-12(15(20)23-4)13(17-16(21)18(9)2)10-5-7-11(8-6-10)14(19)22-3/h5-8,13H,1-4H3,(H,17,21)/t13-/m1/s1. The van der Waals surface area contributed by atoms with Crippen molar-refractivity contribution in [1.29, 1.82) is 0 Å². The minimum absolute atomic E-state index is 0.322. The molecule has 2 rings (SSSR count). The molecule has 0 radical (unpaired) electrons. The Morgan fingerprint density at radius 1 is 1.09 bits per heavy atom. The lowest BCUT2D eigenvalue weighted by Crippen LogP contribution is -2.46. The maximum atomic E-state index is 12.1. The molecular formula is C16H18N2O5. The van der Waals surface area contributed by atoms with E-state index >= 15 is 0 Å². The maximum Gasteiger partial charge on any atom is 0.337 e. The van der Waals surface area contributed by atoms with Gasteiger partial charge in [-0.2, -0.15) is 0 Å². The highest BCUT2D eigenvalue weighted by Gasteiger charge is 2.34. The molecule has 0 fully saturated rings. The number of hydrogen-bond acceptors (Lipinski definition) is 5. The number of rotatable bonds is 3. The fourth-order valence-electron chi connectivity index (χ4n) is 2.39. The van der Waals surface area contributed by atoms with E-state index in [4.69, 9.17) is 4.74 Å². The number of amides is 2. The van der Waals surface area contributed by atoms with Gasteiger partial charge in [0.05, 0.1) is 31.4 Å². The van der Waals surface area contributed by atoms with Gasteiger partial charge in [0.1, 0.15) is 0 Å². The van der Waals surface area contributed by atoms with Gasteiger partial charge in [0.2, 0.25) is 0 Å². The smallest absolute Gasteiger partial charge is 0.337 e. The Labute approximate surface area is 133 Å². The first-order valence-electron chi connectivity index (χ1n) is 6.92. The largest absolute Gasteiger partial charge is 0.466 e. The van der Waals surface area contributed by atoms with Crippen LogP contribution in [0, 0.1) is 0 Å². The molecule has 23 heavy (non-hydrogen) atoms. The number of nitrogens with one attached hydrogen (secondary N) is 1. The SMILES string of the molecule is COC(=O)C1=C(C)N(C)C(=O)N[C@@H]1c1ccc(C(=O)OC)cc1. The summed E-state index contributed by atoms with van der Waals surface area (Å²) in [5.74, 6) is -0.972. The fourth-order valence-corrected chi connectivity index (χ4v) is 2.39. The van der Waals surface area contributed by atoms with Crippen molar-refractivity contribution < 1.29 is 23.9 Å². The molecule has 0 spiro atoms. The Balaban J connectivity index is 2.45. The van der Waals surface area contributed by atoms with Crippen molar-refractivity contribution in [3.8, 4) is 0 Å². The van der Waals surface area contributed by atoms with Crippen molar-refractivity contribution in [2.24, 2.45) is 0 Å². The molecule has 1 heterocycles. The second kappa shape index (κ2) is 6.51. The highest BCUT2D eigenvalue weighted by molar-refractivity contribution is 5.95. The van der Waals surface area contributed by atoms with Gasteiger partial charge in [-0.3, -0.25) is 0 Å². The minimum atomic E-state index is -0.641. The Bertz CT molecular complexity index is 678. The molecule has 1 aromatic rings. The number of nitrogens with zero attached hydrogens (tertiary/aromatic N) is 1. The summed E-state index contributed by atoms with van der Waals surface area (Å²) in [7, 11) is 4.16. The monoisotopic (exact) mass is 318 g/mol. The zero-order valence-corrected chi connectivity index (χ0v) is 13.4. The number of carbonyl (C=O) groups excluding carboxylic acids is 3. The molecule has 7 nitrogen and oxygen atoms in total. The van der Waals surface area contributed by atoms with Gasteiger partial charge in [-0.15, -0.1) is 0 Å². The van der Waals surface area contributed by atoms with Crippen LogP contribution in [0.25, 0.3) is 0 Å². The summed E-state index contributed by atoms with van der Waals surface area (Å²) < 4.78 is 9.47. The van der Waals surface area contributed by atoms with Gasteiger partial charge in [-0.1, -0.05) is 12.1 Å². The third-order valence-electron chi connectivity index (χ3n) is 3.82. The summed E-state index contributed by atoms with van der Waals surface area (Å²) in [5.41, 5.74) is 1.91. The second-order valence-electron chi connectivity index (χ2n) is 5.05. The van der Waals surface area contributed by atoms with Crippen LogP contribution in [0.4, 0.5) is 4.79 Å². The Hall–Kier alpha value is -2.83. The van der Waals surface area contributed by atoms with E-state index in [1.807, 2.05) is 0 Å². The molecule has 1 aliphatic heterocycles. The molecule has 0 saturated heterocycles. The summed E-state index contributed by atoms with van der Waals surface area (Å²) in [5, 5.41) is 2.75. The molecule has 0 saturated carbocycles. The summed E-state index contributed by atoms with van der Waals surface area (Å²) in [6.45, 7) is 1.68. The van der Waals surface area contributed by atoms with Gasteiger partial charge in [0.15, 0.2) is 0 Å². The molecule has 1 aliphatic rings. The van der Waals surface area contributed by atoms with Crippen molar-refractivity contribution in [1.82, 2.24) is 10.2 Å². The maximum absolute atomic E-state index is 12.1. The topological polar surface area (TPSA) is 84.9 Å². The lowest BCUT2D eigenvalue weighted by molar-refractivity contribution is -0.136. The van der Waals surface area contributed by atoms with Crippen molar-refractivity contribution in [3.63, 3.8) is 0 Å². The number of methoxy groups -OCH3 is 2. The normalized spacial score (nSPS) is 17.7. The van der Waals surface area contributed by atoms with Crippen LogP contribution in [0.15, 0.2) is 35.5 Å². The van der Waals surface area contributed by atoms with Crippen LogP contribution in [0.2, 0.25) is 0 Å². The van der Waals surface area contributed by atoms with Crippen molar-refractivity contribution >= 4 is 18.0 Å². The molecule has 7 heteroatoms. The molecule has 122 valence electrons. The first-order valence-corrected chi connectivity index (χ1v) is 6.92. The first kappa shape index (κ1) is 16.5. The molecule has 1 N–H and O–H groups in total.